The van der Waals surface area contributed by atoms with Gasteiger partial charge in [-0.15, -0.1) is 0 Å². The zero-order chi connectivity index (χ0) is 18.8. The number of ether oxygens (including phenoxy) is 1. The Morgan fingerprint density at radius 1 is 1.22 bits per heavy atom. The summed E-state index contributed by atoms with van der Waals surface area (Å²) in [6.07, 6.45) is 4.47. The third-order valence-corrected chi connectivity index (χ3v) is 4.74. The minimum absolute atomic E-state index is 0.103. The zero-order valence-electron chi connectivity index (χ0n) is 15.0. The van der Waals surface area contributed by atoms with E-state index < -0.39 is 0 Å². The summed E-state index contributed by atoms with van der Waals surface area (Å²) in [6, 6.07) is 12.3. The predicted octanol–water partition coefficient (Wildman–Crippen LogP) is 3.63. The molecule has 0 unspecified atom stereocenters. The highest BCUT2D eigenvalue weighted by molar-refractivity contribution is 5.85. The molecule has 4 rings (SSSR count). The fourth-order valence-electron chi connectivity index (χ4n) is 3.33. The Kier molecular flexibility index (Phi) is 4.54. The highest BCUT2D eigenvalue weighted by Crippen LogP contribution is 2.23. The molecule has 0 aliphatic carbocycles. The topological polar surface area (TPSA) is 59.0 Å². The largest absolute Gasteiger partial charge is 0.497 e. The van der Waals surface area contributed by atoms with Gasteiger partial charge in [0.25, 0.3) is 0 Å². The highest BCUT2D eigenvalue weighted by Gasteiger charge is 2.09. The molecule has 0 fully saturated rings. The van der Waals surface area contributed by atoms with Crippen molar-refractivity contribution in [2.75, 3.05) is 13.7 Å². The minimum Gasteiger partial charge on any atom is -0.497 e. The van der Waals surface area contributed by atoms with Crippen molar-refractivity contribution in [2.45, 2.75) is 13.0 Å². The number of halogens is 1. The fourth-order valence-corrected chi connectivity index (χ4v) is 3.33. The van der Waals surface area contributed by atoms with Crippen LogP contribution in [0.5, 0.6) is 5.75 Å². The van der Waals surface area contributed by atoms with Crippen molar-refractivity contribution in [3.8, 4) is 5.75 Å². The summed E-state index contributed by atoms with van der Waals surface area (Å²) in [5.41, 5.74) is 2.88. The molecule has 2 aromatic heterocycles. The average molecular weight is 365 g/mol. The van der Waals surface area contributed by atoms with Gasteiger partial charge in [-0.05, 0) is 59.8 Å². The van der Waals surface area contributed by atoms with Gasteiger partial charge in [0.2, 0.25) is 5.91 Å². The van der Waals surface area contributed by atoms with Crippen LogP contribution in [-0.2, 0) is 17.8 Å². The lowest BCUT2D eigenvalue weighted by Crippen LogP contribution is -2.29. The summed E-state index contributed by atoms with van der Waals surface area (Å²) in [5, 5.41) is 4.94. The number of nitrogens with zero attached hydrogens (tertiary/aromatic N) is 1. The normalized spacial score (nSPS) is 11.2. The van der Waals surface area contributed by atoms with E-state index in [2.05, 4.69) is 10.3 Å². The first-order valence-corrected chi connectivity index (χ1v) is 8.79. The van der Waals surface area contributed by atoms with Crippen LogP contribution in [-0.4, -0.2) is 29.1 Å². The maximum absolute atomic E-state index is 13.4. The van der Waals surface area contributed by atoms with Crippen LogP contribution in [0.3, 0.4) is 0 Å². The number of hydrogen-bond donors (Lipinski definition) is 2. The van der Waals surface area contributed by atoms with Crippen LogP contribution >= 0.6 is 0 Å². The van der Waals surface area contributed by atoms with E-state index in [1.165, 1.54) is 12.1 Å². The number of methoxy groups -OCH3 is 1. The SMILES string of the molecule is COc1ccc2[nH]cc(CCNC(=O)Cn3ccc4ccc(F)cc43)c2c1. The number of carbonyl (C=O) groups excluding carboxylic acids is 1. The number of rotatable bonds is 6. The summed E-state index contributed by atoms with van der Waals surface area (Å²) in [6.45, 7) is 0.686. The Bertz CT molecular complexity index is 1110. The first-order chi connectivity index (χ1) is 13.1. The summed E-state index contributed by atoms with van der Waals surface area (Å²) in [7, 11) is 1.64. The number of benzene rings is 2. The third kappa shape index (κ3) is 3.51. The molecule has 2 heterocycles. The van der Waals surface area contributed by atoms with Crippen LogP contribution in [0.2, 0.25) is 0 Å². The molecular weight excluding hydrogens is 345 g/mol. The number of nitrogens with one attached hydrogen (secondary N) is 2. The summed E-state index contributed by atoms with van der Waals surface area (Å²) in [5.74, 6) is 0.394. The lowest BCUT2D eigenvalue weighted by atomic mass is 10.1. The Morgan fingerprint density at radius 3 is 2.96 bits per heavy atom. The number of aromatic amines is 1. The maximum atomic E-state index is 13.4. The number of carbonyl (C=O) groups is 1. The van der Waals surface area contributed by atoms with E-state index in [-0.39, 0.29) is 18.3 Å². The molecule has 0 saturated heterocycles. The molecule has 138 valence electrons. The van der Waals surface area contributed by atoms with E-state index >= 15 is 0 Å². The zero-order valence-corrected chi connectivity index (χ0v) is 15.0. The van der Waals surface area contributed by atoms with Gasteiger partial charge in [0, 0.05) is 29.8 Å². The van der Waals surface area contributed by atoms with Gasteiger partial charge >= 0.3 is 0 Å². The number of hydrogen-bond acceptors (Lipinski definition) is 2. The smallest absolute Gasteiger partial charge is 0.239 e. The van der Waals surface area contributed by atoms with Gasteiger partial charge in [0.1, 0.15) is 18.1 Å². The molecule has 4 aromatic rings. The maximum Gasteiger partial charge on any atom is 0.239 e. The Labute approximate surface area is 155 Å². The summed E-state index contributed by atoms with van der Waals surface area (Å²) in [4.78, 5) is 15.5. The molecule has 2 N–H and O–H groups in total. The van der Waals surface area contributed by atoms with E-state index in [0.29, 0.717) is 18.5 Å². The molecule has 2 aromatic carbocycles. The van der Waals surface area contributed by atoms with E-state index in [1.807, 2.05) is 30.5 Å². The van der Waals surface area contributed by atoms with Gasteiger partial charge in [-0.2, -0.15) is 0 Å². The first kappa shape index (κ1) is 17.1. The Morgan fingerprint density at radius 2 is 2.11 bits per heavy atom. The molecule has 27 heavy (non-hydrogen) atoms. The van der Waals surface area contributed by atoms with Crippen molar-refractivity contribution in [2.24, 2.45) is 0 Å². The standard InChI is InChI=1S/C21H20FN3O2/c1-27-17-4-5-19-18(11-17)15(12-24-19)6-8-23-21(26)13-25-9-7-14-2-3-16(22)10-20(14)25/h2-5,7,9-12,24H,6,8,13H2,1H3,(H,23,26). The van der Waals surface area contributed by atoms with E-state index in [1.54, 1.807) is 23.9 Å². The Hall–Kier alpha value is -3.28. The number of fused-ring (bicyclic) bond motifs is 2. The highest BCUT2D eigenvalue weighted by atomic mass is 19.1. The van der Waals surface area contributed by atoms with Gasteiger partial charge in [0.15, 0.2) is 0 Å². The van der Waals surface area contributed by atoms with Gasteiger partial charge in [-0.3, -0.25) is 4.79 Å². The predicted molar refractivity (Wildman–Crippen MR) is 103 cm³/mol. The minimum atomic E-state index is -0.308. The second-order valence-corrected chi connectivity index (χ2v) is 6.47. The van der Waals surface area contributed by atoms with Crippen molar-refractivity contribution in [1.29, 1.82) is 0 Å². The van der Waals surface area contributed by atoms with Crippen LogP contribution < -0.4 is 10.1 Å². The van der Waals surface area contributed by atoms with Crippen molar-refractivity contribution < 1.29 is 13.9 Å². The summed E-state index contributed by atoms with van der Waals surface area (Å²) < 4.78 is 20.5. The van der Waals surface area contributed by atoms with Crippen molar-refractivity contribution in [3.63, 3.8) is 0 Å². The van der Waals surface area contributed by atoms with Gasteiger partial charge in [-0.25, -0.2) is 4.39 Å². The summed E-state index contributed by atoms with van der Waals surface area (Å²) >= 11 is 0. The molecule has 0 aliphatic heterocycles. The molecule has 0 saturated carbocycles. The molecule has 0 radical (unpaired) electrons. The first-order valence-electron chi connectivity index (χ1n) is 8.79. The lowest BCUT2D eigenvalue weighted by Gasteiger charge is -2.08. The number of aromatic nitrogens is 2. The molecular formula is C21H20FN3O2. The molecule has 0 atom stereocenters. The molecule has 0 spiro atoms. The van der Waals surface area contributed by atoms with Crippen LogP contribution in [0.1, 0.15) is 5.56 Å². The second-order valence-electron chi connectivity index (χ2n) is 6.47. The Balaban J connectivity index is 1.39. The number of amides is 1. The van der Waals surface area contributed by atoms with Crippen LogP contribution in [0.15, 0.2) is 54.9 Å². The van der Waals surface area contributed by atoms with Crippen LogP contribution in [0, 0.1) is 5.82 Å². The third-order valence-electron chi connectivity index (χ3n) is 4.74. The number of H-pyrrole nitrogens is 1. The van der Waals surface area contributed by atoms with E-state index in [4.69, 9.17) is 4.74 Å². The molecule has 0 aliphatic rings. The molecule has 0 bridgehead atoms. The van der Waals surface area contributed by atoms with Crippen LogP contribution in [0.25, 0.3) is 21.8 Å². The average Bonchev–Trinajstić information content (AvgIpc) is 3.25. The molecule has 1 amide bonds. The fraction of sp³-hybridized carbons (Fsp3) is 0.190. The van der Waals surface area contributed by atoms with Crippen molar-refractivity contribution in [1.82, 2.24) is 14.9 Å². The van der Waals surface area contributed by atoms with Crippen molar-refractivity contribution >= 4 is 27.7 Å². The monoisotopic (exact) mass is 365 g/mol. The van der Waals surface area contributed by atoms with E-state index in [0.717, 1.165) is 27.6 Å². The van der Waals surface area contributed by atoms with Gasteiger partial charge in [-0.1, -0.05) is 0 Å². The lowest BCUT2D eigenvalue weighted by molar-refractivity contribution is -0.121. The van der Waals surface area contributed by atoms with Crippen molar-refractivity contribution in [3.05, 3.63) is 66.2 Å². The molecule has 6 heteroatoms. The van der Waals surface area contributed by atoms with E-state index in [9.17, 15) is 9.18 Å². The molecule has 5 nitrogen and oxygen atoms in total. The quantitative estimate of drug-likeness (QED) is 0.548. The van der Waals surface area contributed by atoms with Gasteiger partial charge < -0.3 is 19.6 Å². The van der Waals surface area contributed by atoms with Gasteiger partial charge in [0.05, 0.1) is 12.6 Å². The second kappa shape index (κ2) is 7.15. The van der Waals surface area contributed by atoms with Crippen LogP contribution in [0.4, 0.5) is 4.39 Å².